The summed E-state index contributed by atoms with van der Waals surface area (Å²) >= 11 is 0. The van der Waals surface area contributed by atoms with Crippen LogP contribution in [0.3, 0.4) is 0 Å². The zero-order chi connectivity index (χ0) is 18.8. The van der Waals surface area contributed by atoms with Crippen molar-refractivity contribution < 1.29 is 52.9 Å². The van der Waals surface area contributed by atoms with Gasteiger partial charge in [0.15, 0.2) is 25.5 Å². The maximum atomic E-state index is 5.21. The van der Waals surface area contributed by atoms with E-state index in [0.717, 1.165) is 65.9 Å². The fraction of sp³-hybridized carbons (Fsp3) is 0.700. The molecule has 10 heteroatoms. The highest BCUT2D eigenvalue weighted by atomic mass is 35.5. The van der Waals surface area contributed by atoms with E-state index in [1.54, 1.807) is 0 Å². The van der Waals surface area contributed by atoms with E-state index in [2.05, 4.69) is 55.9 Å². The summed E-state index contributed by atoms with van der Waals surface area (Å²) in [5.41, 5.74) is 0. The lowest BCUT2D eigenvalue weighted by Crippen LogP contribution is -3.00. The molecule has 4 atom stereocenters. The molecule has 0 bridgehead atoms. The number of hydrogen-bond acceptors (Lipinski definition) is 6. The van der Waals surface area contributed by atoms with Crippen LogP contribution in [0.1, 0.15) is 0 Å². The van der Waals surface area contributed by atoms with Gasteiger partial charge in [-0.15, -0.1) is 0 Å². The predicted molar refractivity (Wildman–Crippen MR) is 103 cm³/mol. The fourth-order valence-corrected chi connectivity index (χ4v) is 3.43. The Morgan fingerprint density at radius 2 is 1.00 bits per heavy atom. The molecule has 168 valence electrons. The van der Waals surface area contributed by atoms with Crippen molar-refractivity contribution in [3.05, 3.63) is 24.6 Å². The van der Waals surface area contributed by atoms with Gasteiger partial charge in [-0.2, -0.15) is 0 Å². The summed E-state index contributed by atoms with van der Waals surface area (Å²) in [6.07, 6.45) is 14.6. The Hall–Kier alpha value is -1.16. The Labute approximate surface area is 190 Å². The topological polar surface area (TPSA) is 62.6 Å². The van der Waals surface area contributed by atoms with Gasteiger partial charge in [0.05, 0.1) is 51.7 Å². The van der Waals surface area contributed by atoms with Crippen LogP contribution in [0.5, 0.6) is 0 Å². The molecule has 4 fully saturated rings. The highest BCUT2D eigenvalue weighted by molar-refractivity contribution is 5.66. The lowest BCUT2D eigenvalue weighted by molar-refractivity contribution is -0.544. The molecule has 0 radical (unpaired) electrons. The van der Waals surface area contributed by atoms with Gasteiger partial charge >= 0.3 is 0 Å². The van der Waals surface area contributed by atoms with Crippen LogP contribution in [0.15, 0.2) is 24.6 Å². The van der Waals surface area contributed by atoms with Gasteiger partial charge in [-0.25, -0.2) is 9.15 Å². The van der Waals surface area contributed by atoms with Crippen molar-refractivity contribution in [2.24, 2.45) is 0 Å². The van der Waals surface area contributed by atoms with Crippen LogP contribution >= 0.6 is 0 Å². The Morgan fingerprint density at radius 1 is 0.633 bits per heavy atom. The molecule has 6 rings (SSSR count). The molecule has 6 aliphatic heterocycles. The average molecular weight is 461 g/mol. The van der Waals surface area contributed by atoms with Gasteiger partial charge in [-0.05, 0) is 0 Å². The molecule has 8 nitrogen and oxygen atoms in total. The van der Waals surface area contributed by atoms with E-state index in [0.29, 0.717) is 24.4 Å². The first-order valence-corrected chi connectivity index (χ1v) is 10.3. The van der Waals surface area contributed by atoms with E-state index in [4.69, 9.17) is 18.9 Å². The molecule has 0 saturated carbocycles. The smallest absolute Gasteiger partial charge is 0.218 e. The lowest BCUT2D eigenvalue weighted by Gasteiger charge is -2.19. The fourth-order valence-electron chi connectivity index (χ4n) is 3.43. The third-order valence-electron chi connectivity index (χ3n) is 5.28. The van der Waals surface area contributed by atoms with Gasteiger partial charge in [0.2, 0.25) is 13.3 Å². The van der Waals surface area contributed by atoms with Crippen molar-refractivity contribution in [1.82, 2.24) is 9.80 Å². The molecule has 0 aliphatic carbocycles. The van der Waals surface area contributed by atoms with Crippen molar-refractivity contribution in [3.8, 4) is 0 Å². The van der Waals surface area contributed by atoms with E-state index in [1.807, 2.05) is 0 Å². The van der Waals surface area contributed by atoms with Crippen LogP contribution in [0.4, 0.5) is 0 Å². The zero-order valence-electron chi connectivity index (χ0n) is 17.0. The first-order valence-electron chi connectivity index (χ1n) is 10.3. The van der Waals surface area contributed by atoms with Gasteiger partial charge in [0.1, 0.15) is 12.2 Å². The van der Waals surface area contributed by atoms with E-state index in [-0.39, 0.29) is 24.8 Å². The largest absolute Gasteiger partial charge is 1.00 e. The number of ether oxygens (including phenoxy) is 4. The number of nitrogens with zero attached hydrogens (tertiary/aromatic N) is 4. The third-order valence-corrected chi connectivity index (χ3v) is 5.28. The lowest BCUT2D eigenvalue weighted by atomic mass is 10.4. The highest BCUT2D eigenvalue weighted by Crippen LogP contribution is 2.14. The van der Waals surface area contributed by atoms with Gasteiger partial charge in [-0.3, -0.25) is 0 Å². The molecule has 0 amide bonds. The summed E-state index contributed by atoms with van der Waals surface area (Å²) in [4.78, 5) is 4.58. The minimum Gasteiger partial charge on any atom is -1.00 e. The second kappa shape index (κ2) is 10.9. The molecular formula is C20H30Cl2N4O4. The Bertz CT molecular complexity index is 628. The number of allylic oxidation sites excluding steroid dienone is 2. The molecular weight excluding hydrogens is 431 g/mol. The number of hydrogen-bond donors (Lipinski definition) is 0. The molecule has 4 unspecified atom stereocenters. The maximum Gasteiger partial charge on any atom is 0.218 e. The quantitative estimate of drug-likeness (QED) is 0.265. The summed E-state index contributed by atoms with van der Waals surface area (Å²) in [5.74, 6) is 0. The second-order valence-electron chi connectivity index (χ2n) is 8.17. The molecule has 6 aliphatic rings. The minimum atomic E-state index is 0. The van der Waals surface area contributed by atoms with E-state index in [1.165, 1.54) is 0 Å². The molecule has 0 N–H and O–H groups in total. The monoisotopic (exact) mass is 460 g/mol. The van der Waals surface area contributed by atoms with Crippen LogP contribution in [-0.4, -0.2) is 122 Å². The maximum absolute atomic E-state index is 5.21. The average Bonchev–Trinajstić information content (AvgIpc) is 3.52. The third kappa shape index (κ3) is 8.17. The second-order valence-corrected chi connectivity index (χ2v) is 8.17. The van der Waals surface area contributed by atoms with Crippen molar-refractivity contribution >= 4 is 12.4 Å². The highest BCUT2D eigenvalue weighted by Gasteiger charge is 2.32. The standard InChI is InChI=1S/2C10H15N2O2.2ClH/c2*1-2-11(4-9-6-13-9)8-12(3-1)5-10-7-14-10;;/h2*1-3,9-10H,4-8H2;2*1H/q2*+1;;/p-2. The van der Waals surface area contributed by atoms with Crippen molar-refractivity contribution in [1.29, 1.82) is 0 Å². The van der Waals surface area contributed by atoms with Crippen LogP contribution in [0, 0.1) is 0 Å². The number of rotatable bonds is 8. The molecule has 0 aromatic heterocycles. The molecule has 0 aromatic carbocycles. The molecule has 0 aromatic rings. The van der Waals surface area contributed by atoms with Crippen molar-refractivity contribution in [3.63, 3.8) is 0 Å². The van der Waals surface area contributed by atoms with Crippen molar-refractivity contribution in [2.75, 3.05) is 65.9 Å². The molecule has 0 spiro atoms. The summed E-state index contributed by atoms with van der Waals surface area (Å²) in [6, 6.07) is 0. The molecule has 6 heterocycles. The van der Waals surface area contributed by atoms with Crippen LogP contribution < -0.4 is 24.8 Å². The van der Waals surface area contributed by atoms with Crippen LogP contribution in [0.2, 0.25) is 0 Å². The Morgan fingerprint density at radius 3 is 1.33 bits per heavy atom. The first kappa shape index (κ1) is 23.5. The Kier molecular flexibility index (Phi) is 8.56. The van der Waals surface area contributed by atoms with Gasteiger partial charge in [0, 0.05) is 24.6 Å². The molecule has 30 heavy (non-hydrogen) atoms. The van der Waals surface area contributed by atoms with Crippen LogP contribution in [-0.2, 0) is 18.9 Å². The first-order chi connectivity index (χ1) is 13.8. The summed E-state index contributed by atoms with van der Waals surface area (Å²) in [6.45, 7) is 9.74. The predicted octanol–water partition coefficient (Wildman–Crippen LogP) is -6.68. The molecule has 4 saturated heterocycles. The van der Waals surface area contributed by atoms with Crippen molar-refractivity contribution in [2.45, 2.75) is 24.4 Å². The summed E-state index contributed by atoms with van der Waals surface area (Å²) < 4.78 is 25.4. The van der Waals surface area contributed by atoms with Gasteiger partial charge < -0.3 is 53.6 Å². The van der Waals surface area contributed by atoms with Crippen LogP contribution in [0.25, 0.3) is 0 Å². The van der Waals surface area contributed by atoms with Gasteiger partial charge in [0.25, 0.3) is 0 Å². The normalized spacial score (nSPS) is 32.0. The summed E-state index contributed by atoms with van der Waals surface area (Å²) in [5, 5.41) is 0. The zero-order valence-corrected chi connectivity index (χ0v) is 18.5. The summed E-state index contributed by atoms with van der Waals surface area (Å²) in [7, 11) is 0. The van der Waals surface area contributed by atoms with Gasteiger partial charge in [-0.1, -0.05) is 0 Å². The SMILES string of the molecule is C1=CN(CC2CO2)C[N+](CC2CO2)=C1.C1=CN(CC2CO2)C[N+](CC2CO2)=C1.[Cl-].[Cl-]. The number of halogens is 2. The van der Waals surface area contributed by atoms with E-state index >= 15 is 0 Å². The number of epoxide rings is 4. The van der Waals surface area contributed by atoms with E-state index < -0.39 is 0 Å². The minimum absolute atomic E-state index is 0. The Balaban J connectivity index is 0.000000160. The van der Waals surface area contributed by atoms with E-state index in [9.17, 15) is 0 Å².